The van der Waals surface area contributed by atoms with Gasteiger partial charge in [-0.3, -0.25) is 4.79 Å². The Morgan fingerprint density at radius 3 is 2.94 bits per heavy atom. The van der Waals surface area contributed by atoms with Gasteiger partial charge >= 0.3 is 0 Å². The molecule has 3 N–H and O–H groups in total. The van der Waals surface area contributed by atoms with Crippen molar-refractivity contribution in [3.05, 3.63) is 71.1 Å². The number of hydrogen-bond donors (Lipinski definition) is 2. The molecule has 0 aliphatic carbocycles. The Bertz CT molecular complexity index is 1100. The van der Waals surface area contributed by atoms with Gasteiger partial charge in [0, 0.05) is 42.9 Å². The molecule has 1 atom stereocenters. The van der Waals surface area contributed by atoms with E-state index in [-0.39, 0.29) is 17.7 Å². The second kappa shape index (κ2) is 8.02. The zero-order valence-corrected chi connectivity index (χ0v) is 17.4. The van der Waals surface area contributed by atoms with Gasteiger partial charge in [0.05, 0.1) is 0 Å². The summed E-state index contributed by atoms with van der Waals surface area (Å²) in [7, 11) is 1.99. The van der Waals surface area contributed by atoms with Gasteiger partial charge in [-0.05, 0) is 48.0 Å². The van der Waals surface area contributed by atoms with Gasteiger partial charge in [0.1, 0.15) is 11.6 Å². The van der Waals surface area contributed by atoms with Crippen LogP contribution in [0.1, 0.15) is 23.6 Å². The summed E-state index contributed by atoms with van der Waals surface area (Å²) in [5.41, 5.74) is 7.39. The lowest BCUT2D eigenvalue weighted by molar-refractivity contribution is -0.120. The second-order valence-electron chi connectivity index (χ2n) is 8.25. The van der Waals surface area contributed by atoms with E-state index >= 15 is 4.39 Å². The van der Waals surface area contributed by atoms with Crippen molar-refractivity contribution in [2.24, 2.45) is 5.73 Å². The summed E-state index contributed by atoms with van der Waals surface area (Å²) < 4.78 is 34.7. The normalized spacial score (nSPS) is 19.6. The molecule has 3 heterocycles. The van der Waals surface area contributed by atoms with Crippen LogP contribution >= 0.6 is 0 Å². The molecular weight excluding hydrogens is 402 g/mol. The molecule has 0 fully saturated rings. The summed E-state index contributed by atoms with van der Waals surface area (Å²) in [6, 6.07) is 4.36. The summed E-state index contributed by atoms with van der Waals surface area (Å²) >= 11 is 0. The van der Waals surface area contributed by atoms with E-state index in [9.17, 15) is 9.18 Å². The number of rotatable bonds is 6. The number of anilines is 1. The van der Waals surface area contributed by atoms with Crippen molar-refractivity contribution in [3.63, 3.8) is 0 Å². The van der Waals surface area contributed by atoms with Gasteiger partial charge in [0.2, 0.25) is 0 Å². The zero-order chi connectivity index (χ0) is 22.2. The van der Waals surface area contributed by atoms with Crippen LogP contribution in [0.15, 0.2) is 42.7 Å². The van der Waals surface area contributed by atoms with Crippen LogP contribution in [0.5, 0.6) is 5.75 Å². The molecule has 0 saturated heterocycles. The number of carbonyl (C=O) groups excluding carboxylic acids is 1. The number of hydrogen-bond acceptors (Lipinski definition) is 5. The molecular formula is C23H24F2N4O2. The van der Waals surface area contributed by atoms with Crippen molar-refractivity contribution in [1.29, 1.82) is 0 Å². The number of nitrogens with zero attached hydrogens (tertiary/aromatic N) is 2. The topological polar surface area (TPSA) is 80.5 Å². The number of nitrogens with one attached hydrogen (secondary N) is 1. The maximum atomic E-state index is 15.0. The number of benzene rings is 1. The first-order chi connectivity index (χ1) is 14.8. The summed E-state index contributed by atoms with van der Waals surface area (Å²) in [6.45, 7) is 2.72. The van der Waals surface area contributed by atoms with Crippen molar-refractivity contribution < 1.29 is 18.3 Å². The number of fused-ring (bicyclic) bond motifs is 1. The first-order valence-corrected chi connectivity index (χ1v) is 9.97. The van der Waals surface area contributed by atoms with Crippen LogP contribution in [-0.4, -0.2) is 42.5 Å². The number of primary amides is 1. The molecule has 2 aliphatic rings. The van der Waals surface area contributed by atoms with Gasteiger partial charge in [0.15, 0.2) is 18.2 Å². The summed E-state index contributed by atoms with van der Waals surface area (Å²) in [5, 5.41) is 3.25. The van der Waals surface area contributed by atoms with E-state index in [0.29, 0.717) is 12.4 Å². The van der Waals surface area contributed by atoms with E-state index < -0.39 is 29.6 Å². The van der Waals surface area contributed by atoms with Crippen LogP contribution in [0, 0.1) is 11.6 Å². The number of likely N-dealkylation sites (N-methyl/N-ethyl adjacent to an activating group) is 1. The van der Waals surface area contributed by atoms with E-state index in [1.54, 1.807) is 0 Å². The first kappa shape index (κ1) is 20.8. The van der Waals surface area contributed by atoms with Crippen LogP contribution in [0.3, 0.4) is 0 Å². The predicted octanol–water partition coefficient (Wildman–Crippen LogP) is 2.99. The molecule has 4 rings (SSSR count). The molecule has 162 valence electrons. The van der Waals surface area contributed by atoms with Crippen molar-refractivity contribution >= 4 is 17.3 Å². The van der Waals surface area contributed by atoms with Crippen LogP contribution in [0.25, 0.3) is 5.57 Å². The quantitative estimate of drug-likeness (QED) is 0.742. The molecule has 1 aromatic carbocycles. The third-order valence-corrected chi connectivity index (χ3v) is 5.70. The highest BCUT2D eigenvalue weighted by atomic mass is 19.1. The van der Waals surface area contributed by atoms with Gasteiger partial charge < -0.3 is 20.7 Å². The number of ether oxygens (including phenoxy) is 1. The smallest absolute Gasteiger partial charge is 0.255 e. The highest BCUT2D eigenvalue weighted by molar-refractivity contribution is 5.75. The van der Waals surface area contributed by atoms with E-state index in [4.69, 9.17) is 10.5 Å². The van der Waals surface area contributed by atoms with E-state index in [2.05, 4.69) is 15.2 Å². The molecule has 31 heavy (non-hydrogen) atoms. The Kier molecular flexibility index (Phi) is 5.39. The van der Waals surface area contributed by atoms with Crippen LogP contribution in [0.2, 0.25) is 0 Å². The van der Waals surface area contributed by atoms with Gasteiger partial charge in [-0.25, -0.2) is 13.8 Å². The number of allylic oxidation sites excluding steroid dienone is 2. The maximum absolute atomic E-state index is 15.0. The summed E-state index contributed by atoms with van der Waals surface area (Å²) in [5.74, 6) is -1.69. The molecule has 2 aromatic rings. The van der Waals surface area contributed by atoms with Crippen LogP contribution in [-0.2, 0) is 16.6 Å². The second-order valence-corrected chi connectivity index (χ2v) is 8.25. The Morgan fingerprint density at radius 2 is 2.19 bits per heavy atom. The highest BCUT2D eigenvalue weighted by Crippen LogP contribution is 2.41. The predicted molar refractivity (Wildman–Crippen MR) is 115 cm³/mol. The average molecular weight is 426 g/mol. The van der Waals surface area contributed by atoms with Crippen molar-refractivity contribution in [2.75, 3.05) is 32.1 Å². The minimum Gasteiger partial charge on any atom is -0.481 e. The Labute approximate surface area is 179 Å². The van der Waals surface area contributed by atoms with Crippen molar-refractivity contribution in [1.82, 2.24) is 9.88 Å². The maximum Gasteiger partial charge on any atom is 0.255 e. The fraction of sp³-hybridized carbons (Fsp3) is 0.304. The fourth-order valence-electron chi connectivity index (χ4n) is 4.03. The summed E-state index contributed by atoms with van der Waals surface area (Å²) in [6.07, 6.45) is 7.93. The minimum absolute atomic E-state index is 0.0935. The number of amides is 1. The lowest BCUT2D eigenvalue weighted by Gasteiger charge is -2.26. The van der Waals surface area contributed by atoms with E-state index in [1.165, 1.54) is 6.07 Å². The van der Waals surface area contributed by atoms with Crippen LogP contribution < -0.4 is 15.8 Å². The lowest BCUT2D eigenvalue weighted by atomic mass is 9.78. The lowest BCUT2D eigenvalue weighted by Crippen LogP contribution is -2.28. The van der Waals surface area contributed by atoms with Gasteiger partial charge in [-0.2, -0.15) is 0 Å². The van der Waals surface area contributed by atoms with Crippen LogP contribution in [0.4, 0.5) is 14.6 Å². The number of carbonyl (C=O) groups is 1. The number of halogens is 2. The SMILES string of the molecule is CN1C=CC=C(c2cnc3c(c2)C(C)(Cc2c(F)ccc(OCC(N)=O)c2F)CN3)C1. The largest absolute Gasteiger partial charge is 0.481 e. The molecule has 0 saturated carbocycles. The Morgan fingerprint density at radius 1 is 1.39 bits per heavy atom. The molecule has 2 aliphatic heterocycles. The molecule has 1 amide bonds. The monoisotopic (exact) mass is 426 g/mol. The summed E-state index contributed by atoms with van der Waals surface area (Å²) in [4.78, 5) is 17.6. The number of nitrogens with two attached hydrogens (primary N) is 1. The van der Waals surface area contributed by atoms with Gasteiger partial charge in [0.25, 0.3) is 5.91 Å². The fourth-order valence-corrected chi connectivity index (χ4v) is 4.03. The van der Waals surface area contributed by atoms with E-state index in [0.717, 1.165) is 29.3 Å². The number of aromatic nitrogens is 1. The Hall–Kier alpha value is -3.42. The number of pyridine rings is 1. The van der Waals surface area contributed by atoms with Crippen molar-refractivity contribution in [2.45, 2.75) is 18.8 Å². The third-order valence-electron chi connectivity index (χ3n) is 5.70. The van der Waals surface area contributed by atoms with Crippen molar-refractivity contribution in [3.8, 4) is 5.75 Å². The molecule has 6 nitrogen and oxygen atoms in total. The zero-order valence-electron chi connectivity index (χ0n) is 17.4. The average Bonchev–Trinajstić information content (AvgIpc) is 3.06. The first-order valence-electron chi connectivity index (χ1n) is 9.97. The van der Waals surface area contributed by atoms with Gasteiger partial charge in [-0.1, -0.05) is 13.0 Å². The molecule has 1 unspecified atom stereocenters. The molecule has 0 radical (unpaired) electrons. The molecule has 0 bridgehead atoms. The minimum atomic E-state index is -0.818. The molecule has 8 heteroatoms. The Balaban J connectivity index is 1.66. The standard InChI is InChI=1S/C23H24F2N4O2/c1-23(9-16-18(24)5-6-19(21(16)25)31-12-20(26)30)13-28-22-17(23)8-15(10-27-22)14-4-3-7-29(2)11-14/h3-8,10H,9,11-13H2,1-2H3,(H2,26,30)(H,27,28). The molecule has 1 aromatic heterocycles. The van der Waals surface area contributed by atoms with Gasteiger partial charge in [-0.15, -0.1) is 0 Å². The van der Waals surface area contributed by atoms with E-state index in [1.807, 2.05) is 44.6 Å². The highest BCUT2D eigenvalue weighted by Gasteiger charge is 2.38. The molecule has 0 spiro atoms. The third kappa shape index (κ3) is 4.10.